The summed E-state index contributed by atoms with van der Waals surface area (Å²) >= 11 is 1.64. The topological polar surface area (TPSA) is 43.1 Å². The molecule has 0 amide bonds. The van der Waals surface area contributed by atoms with Gasteiger partial charge in [0, 0.05) is 10.3 Å². The molecule has 0 saturated heterocycles. The van der Waals surface area contributed by atoms with Gasteiger partial charge in [-0.15, -0.1) is 11.3 Å². The first-order valence-electron chi connectivity index (χ1n) is 6.79. The molecule has 1 aromatic rings. The maximum absolute atomic E-state index is 12.5. The summed E-state index contributed by atoms with van der Waals surface area (Å²) in [6.07, 6.45) is 4.56. The predicted octanol–water partition coefficient (Wildman–Crippen LogP) is 4.07. The van der Waals surface area contributed by atoms with Gasteiger partial charge in [0.1, 0.15) is 0 Å². The Labute approximate surface area is 114 Å². The standard InChI is InChI=1S/C15H23NOS/c1-5-9-6-7-10-11(8-9)18-14(16)12(10)13(17)15(2,3)4/h9H,5-8,16H2,1-4H3. The number of fused-ring (bicyclic) bond motifs is 1. The average molecular weight is 265 g/mol. The van der Waals surface area contributed by atoms with Crippen LogP contribution < -0.4 is 5.73 Å². The number of Topliss-reactive ketones (excluding diaryl/α,β-unsaturated/α-hetero) is 1. The highest BCUT2D eigenvalue weighted by atomic mass is 32.1. The van der Waals surface area contributed by atoms with Crippen LogP contribution in [0.15, 0.2) is 0 Å². The lowest BCUT2D eigenvalue weighted by molar-refractivity contribution is 0.0858. The van der Waals surface area contributed by atoms with E-state index in [1.165, 1.54) is 23.3 Å². The van der Waals surface area contributed by atoms with Gasteiger partial charge in [0.05, 0.1) is 10.6 Å². The van der Waals surface area contributed by atoms with E-state index in [0.717, 1.165) is 29.3 Å². The summed E-state index contributed by atoms with van der Waals surface area (Å²) < 4.78 is 0. The highest BCUT2D eigenvalue weighted by molar-refractivity contribution is 7.16. The minimum absolute atomic E-state index is 0.201. The van der Waals surface area contributed by atoms with E-state index >= 15 is 0 Å². The lowest BCUT2D eigenvalue weighted by atomic mass is 9.80. The van der Waals surface area contributed by atoms with Gasteiger partial charge < -0.3 is 5.73 Å². The molecule has 100 valence electrons. The molecule has 1 unspecified atom stereocenters. The third kappa shape index (κ3) is 2.33. The summed E-state index contributed by atoms with van der Waals surface area (Å²) in [7, 11) is 0. The van der Waals surface area contributed by atoms with Crippen molar-refractivity contribution < 1.29 is 4.79 Å². The van der Waals surface area contributed by atoms with Gasteiger partial charge in [0.15, 0.2) is 5.78 Å². The van der Waals surface area contributed by atoms with Crippen LogP contribution in [-0.2, 0) is 12.8 Å². The molecule has 0 aromatic carbocycles. The predicted molar refractivity (Wildman–Crippen MR) is 78.3 cm³/mol. The van der Waals surface area contributed by atoms with Crippen LogP contribution in [-0.4, -0.2) is 5.78 Å². The van der Waals surface area contributed by atoms with Crippen molar-refractivity contribution in [1.29, 1.82) is 0 Å². The fourth-order valence-electron chi connectivity index (χ4n) is 2.65. The maximum Gasteiger partial charge on any atom is 0.171 e. The Kier molecular flexibility index (Phi) is 3.54. The molecular weight excluding hydrogens is 242 g/mol. The van der Waals surface area contributed by atoms with Crippen LogP contribution in [0.25, 0.3) is 0 Å². The Morgan fingerprint density at radius 3 is 2.67 bits per heavy atom. The van der Waals surface area contributed by atoms with E-state index in [1.807, 2.05) is 20.8 Å². The summed E-state index contributed by atoms with van der Waals surface area (Å²) in [5, 5.41) is 0.733. The SMILES string of the molecule is CCC1CCc2c(sc(N)c2C(=O)C(C)(C)C)C1. The van der Waals surface area contributed by atoms with Gasteiger partial charge >= 0.3 is 0 Å². The van der Waals surface area contributed by atoms with Crippen molar-refractivity contribution >= 4 is 22.1 Å². The average Bonchev–Trinajstić information content (AvgIpc) is 2.61. The van der Waals surface area contributed by atoms with E-state index in [4.69, 9.17) is 5.73 Å². The van der Waals surface area contributed by atoms with Crippen LogP contribution in [0.5, 0.6) is 0 Å². The van der Waals surface area contributed by atoms with E-state index in [-0.39, 0.29) is 11.2 Å². The van der Waals surface area contributed by atoms with E-state index in [9.17, 15) is 4.79 Å². The second-order valence-corrected chi connectivity index (χ2v) is 7.48. The molecule has 1 aliphatic carbocycles. The lowest BCUT2D eigenvalue weighted by Crippen LogP contribution is -2.23. The summed E-state index contributed by atoms with van der Waals surface area (Å²) in [4.78, 5) is 13.9. The molecule has 3 heteroatoms. The molecule has 1 aromatic heterocycles. The van der Waals surface area contributed by atoms with Gasteiger partial charge in [-0.1, -0.05) is 34.1 Å². The molecule has 0 bridgehead atoms. The van der Waals surface area contributed by atoms with Crippen molar-refractivity contribution in [3.8, 4) is 0 Å². The number of ketones is 1. The van der Waals surface area contributed by atoms with E-state index < -0.39 is 0 Å². The third-order valence-electron chi connectivity index (χ3n) is 3.88. The molecule has 0 radical (unpaired) electrons. The molecule has 1 heterocycles. The van der Waals surface area contributed by atoms with Crippen LogP contribution in [0.1, 0.15) is 61.3 Å². The lowest BCUT2D eigenvalue weighted by Gasteiger charge is -2.23. The monoisotopic (exact) mass is 265 g/mol. The molecule has 2 rings (SSSR count). The van der Waals surface area contributed by atoms with Crippen molar-refractivity contribution in [1.82, 2.24) is 0 Å². The highest BCUT2D eigenvalue weighted by Gasteiger charge is 2.32. The van der Waals surface area contributed by atoms with Gasteiger partial charge in [-0.05, 0) is 30.7 Å². The van der Waals surface area contributed by atoms with Crippen molar-refractivity contribution in [2.24, 2.45) is 11.3 Å². The van der Waals surface area contributed by atoms with Gasteiger partial charge in [0.2, 0.25) is 0 Å². The van der Waals surface area contributed by atoms with Crippen LogP contribution in [0.3, 0.4) is 0 Å². The molecule has 2 N–H and O–H groups in total. The zero-order chi connectivity index (χ0) is 13.5. The number of carbonyl (C=O) groups excluding carboxylic acids is 1. The van der Waals surface area contributed by atoms with Crippen molar-refractivity contribution in [2.75, 3.05) is 5.73 Å². The molecule has 1 atom stereocenters. The van der Waals surface area contributed by atoms with Crippen molar-refractivity contribution in [3.05, 3.63) is 16.0 Å². The molecule has 0 spiro atoms. The minimum atomic E-state index is -0.343. The first-order valence-corrected chi connectivity index (χ1v) is 7.61. The molecule has 0 fully saturated rings. The van der Waals surface area contributed by atoms with Crippen LogP contribution >= 0.6 is 11.3 Å². The fraction of sp³-hybridized carbons (Fsp3) is 0.667. The zero-order valence-corrected chi connectivity index (χ0v) is 12.6. The number of hydrogen-bond donors (Lipinski definition) is 1. The van der Waals surface area contributed by atoms with E-state index in [2.05, 4.69) is 6.92 Å². The number of anilines is 1. The van der Waals surface area contributed by atoms with Gasteiger partial charge in [-0.3, -0.25) is 4.79 Å². The zero-order valence-electron chi connectivity index (χ0n) is 11.8. The highest BCUT2D eigenvalue weighted by Crippen LogP contribution is 2.41. The maximum atomic E-state index is 12.5. The molecular formula is C15H23NOS. The quantitative estimate of drug-likeness (QED) is 0.819. The smallest absolute Gasteiger partial charge is 0.171 e. The van der Waals surface area contributed by atoms with Crippen LogP contribution in [0, 0.1) is 11.3 Å². The fourth-order valence-corrected chi connectivity index (χ4v) is 3.88. The van der Waals surface area contributed by atoms with E-state index in [0.29, 0.717) is 0 Å². The molecule has 1 aliphatic rings. The van der Waals surface area contributed by atoms with Gasteiger partial charge in [0.25, 0.3) is 0 Å². The third-order valence-corrected chi connectivity index (χ3v) is 4.96. The molecule has 0 saturated carbocycles. The number of rotatable bonds is 2. The largest absolute Gasteiger partial charge is 0.390 e. The molecule has 2 nitrogen and oxygen atoms in total. The van der Waals surface area contributed by atoms with Gasteiger partial charge in [-0.2, -0.15) is 0 Å². The van der Waals surface area contributed by atoms with Crippen molar-refractivity contribution in [3.63, 3.8) is 0 Å². The Bertz CT molecular complexity index is 468. The Morgan fingerprint density at radius 2 is 2.11 bits per heavy atom. The normalized spacial score (nSPS) is 19.7. The molecule has 0 aliphatic heterocycles. The number of carbonyl (C=O) groups is 1. The Balaban J connectivity index is 2.40. The summed E-state index contributed by atoms with van der Waals surface area (Å²) in [6, 6.07) is 0. The second-order valence-electron chi connectivity index (χ2n) is 6.34. The number of nitrogens with two attached hydrogens (primary N) is 1. The number of nitrogen functional groups attached to an aromatic ring is 1. The minimum Gasteiger partial charge on any atom is -0.390 e. The van der Waals surface area contributed by atoms with Gasteiger partial charge in [-0.25, -0.2) is 0 Å². The first kappa shape index (κ1) is 13.6. The van der Waals surface area contributed by atoms with Crippen LogP contribution in [0.4, 0.5) is 5.00 Å². The Morgan fingerprint density at radius 1 is 1.44 bits per heavy atom. The summed E-state index contributed by atoms with van der Waals surface area (Å²) in [6.45, 7) is 8.15. The van der Waals surface area contributed by atoms with Crippen molar-refractivity contribution in [2.45, 2.75) is 53.4 Å². The molecule has 18 heavy (non-hydrogen) atoms. The summed E-state index contributed by atoms with van der Waals surface area (Å²) in [5.41, 5.74) is 7.84. The second kappa shape index (κ2) is 4.69. The Hall–Kier alpha value is -0.830. The number of thiophene rings is 1. The first-order chi connectivity index (χ1) is 8.34. The summed E-state index contributed by atoms with van der Waals surface area (Å²) in [5.74, 6) is 0.973. The van der Waals surface area contributed by atoms with E-state index in [1.54, 1.807) is 11.3 Å². The van der Waals surface area contributed by atoms with Crippen LogP contribution in [0.2, 0.25) is 0 Å². The number of hydrogen-bond acceptors (Lipinski definition) is 3.